The molecule has 4 nitrogen and oxygen atoms in total. The van der Waals surface area contributed by atoms with Crippen molar-refractivity contribution >= 4 is 11.9 Å². The second kappa shape index (κ2) is 5.16. The highest BCUT2D eigenvalue weighted by Gasteiger charge is 2.41. The molecule has 0 N–H and O–H groups in total. The van der Waals surface area contributed by atoms with Crippen LogP contribution in [0.4, 0.5) is 4.39 Å². The Balaban J connectivity index is 2.08. The highest BCUT2D eigenvalue weighted by molar-refractivity contribution is 5.96. The van der Waals surface area contributed by atoms with Gasteiger partial charge in [-0.2, -0.15) is 0 Å². The van der Waals surface area contributed by atoms with Crippen LogP contribution in [-0.2, 0) is 19.1 Å². The molecule has 1 aromatic carbocycles. The van der Waals surface area contributed by atoms with E-state index in [4.69, 9.17) is 9.47 Å². The number of hydrogen-bond donors (Lipinski definition) is 0. The van der Waals surface area contributed by atoms with E-state index in [1.54, 1.807) is 19.1 Å². The number of rotatable bonds is 3. The van der Waals surface area contributed by atoms with Gasteiger partial charge in [0.1, 0.15) is 11.9 Å². The van der Waals surface area contributed by atoms with Gasteiger partial charge in [0.15, 0.2) is 5.92 Å². The highest BCUT2D eigenvalue weighted by Crippen LogP contribution is 2.34. The van der Waals surface area contributed by atoms with E-state index in [1.165, 1.54) is 12.1 Å². The Labute approximate surface area is 104 Å². The summed E-state index contributed by atoms with van der Waals surface area (Å²) in [5, 5.41) is 0. The third-order valence-electron chi connectivity index (χ3n) is 2.81. The van der Waals surface area contributed by atoms with Gasteiger partial charge in [-0.1, -0.05) is 12.1 Å². The zero-order chi connectivity index (χ0) is 13.1. The lowest BCUT2D eigenvalue weighted by Crippen LogP contribution is -2.21. The Kier molecular flexibility index (Phi) is 3.60. The van der Waals surface area contributed by atoms with Crippen molar-refractivity contribution in [2.24, 2.45) is 5.92 Å². The first-order valence-corrected chi connectivity index (χ1v) is 5.74. The maximum absolute atomic E-state index is 12.8. The van der Waals surface area contributed by atoms with Crippen molar-refractivity contribution in [2.75, 3.05) is 6.61 Å². The molecule has 5 heteroatoms. The first-order chi connectivity index (χ1) is 8.61. The molecule has 96 valence electrons. The molecule has 1 aromatic rings. The van der Waals surface area contributed by atoms with Gasteiger partial charge >= 0.3 is 11.9 Å². The van der Waals surface area contributed by atoms with Gasteiger partial charge in [0.25, 0.3) is 0 Å². The summed E-state index contributed by atoms with van der Waals surface area (Å²) in [4.78, 5) is 23.0. The van der Waals surface area contributed by atoms with Crippen LogP contribution >= 0.6 is 0 Å². The zero-order valence-electron chi connectivity index (χ0n) is 9.89. The quantitative estimate of drug-likeness (QED) is 0.610. The first-order valence-electron chi connectivity index (χ1n) is 5.74. The number of hydrogen-bond acceptors (Lipinski definition) is 4. The van der Waals surface area contributed by atoms with E-state index in [-0.39, 0.29) is 18.8 Å². The Hall–Kier alpha value is -1.91. The molecule has 0 bridgehead atoms. The number of cyclic esters (lactones) is 1. The highest BCUT2D eigenvalue weighted by atomic mass is 19.1. The largest absolute Gasteiger partial charge is 0.465 e. The first kappa shape index (κ1) is 12.5. The Morgan fingerprint density at radius 1 is 1.44 bits per heavy atom. The number of esters is 2. The molecule has 0 aromatic heterocycles. The monoisotopic (exact) mass is 252 g/mol. The molecule has 0 aliphatic carbocycles. The van der Waals surface area contributed by atoms with Crippen LogP contribution < -0.4 is 0 Å². The number of carbonyl (C=O) groups is 2. The van der Waals surface area contributed by atoms with E-state index in [1.807, 2.05) is 0 Å². The van der Waals surface area contributed by atoms with Crippen molar-refractivity contribution in [3.05, 3.63) is 35.6 Å². The summed E-state index contributed by atoms with van der Waals surface area (Å²) in [6.07, 6.45) is -0.268. The minimum absolute atomic E-state index is 0.226. The van der Waals surface area contributed by atoms with E-state index in [2.05, 4.69) is 0 Å². The molecule has 1 saturated heterocycles. The molecule has 2 unspecified atom stereocenters. The van der Waals surface area contributed by atoms with Crippen LogP contribution in [0.3, 0.4) is 0 Å². The van der Waals surface area contributed by atoms with Crippen molar-refractivity contribution in [1.29, 1.82) is 0 Å². The van der Waals surface area contributed by atoms with Crippen LogP contribution in [0.5, 0.6) is 0 Å². The van der Waals surface area contributed by atoms with Gasteiger partial charge in [0, 0.05) is 6.42 Å². The van der Waals surface area contributed by atoms with Crippen molar-refractivity contribution < 1.29 is 23.5 Å². The number of benzene rings is 1. The van der Waals surface area contributed by atoms with Crippen LogP contribution in [0.2, 0.25) is 0 Å². The Morgan fingerprint density at radius 2 is 2.11 bits per heavy atom. The molecule has 2 atom stereocenters. The van der Waals surface area contributed by atoms with Crippen molar-refractivity contribution in [2.45, 2.75) is 19.4 Å². The summed E-state index contributed by atoms with van der Waals surface area (Å²) in [5.41, 5.74) is 0.677. The Bertz CT molecular complexity index is 455. The van der Waals surface area contributed by atoms with E-state index in [0.717, 1.165) is 0 Å². The van der Waals surface area contributed by atoms with Crippen LogP contribution in [-0.4, -0.2) is 18.5 Å². The molecule has 2 rings (SSSR count). The molecule has 0 amide bonds. The van der Waals surface area contributed by atoms with E-state index in [0.29, 0.717) is 5.56 Å². The maximum Gasteiger partial charge on any atom is 0.321 e. The number of ether oxygens (including phenoxy) is 2. The second-order valence-corrected chi connectivity index (χ2v) is 4.02. The number of carbonyl (C=O) groups excluding carboxylic acids is 2. The molecule has 0 saturated carbocycles. The SMILES string of the molecule is CCOC(=O)C1CC(c2ccc(F)cc2)OC1=O. The lowest BCUT2D eigenvalue weighted by atomic mass is 10.0. The van der Waals surface area contributed by atoms with Gasteiger partial charge in [-0.15, -0.1) is 0 Å². The third kappa shape index (κ3) is 2.50. The average molecular weight is 252 g/mol. The van der Waals surface area contributed by atoms with Gasteiger partial charge in [-0.05, 0) is 24.6 Å². The lowest BCUT2D eigenvalue weighted by Gasteiger charge is -2.08. The van der Waals surface area contributed by atoms with Crippen molar-refractivity contribution in [3.8, 4) is 0 Å². The minimum atomic E-state index is -0.875. The van der Waals surface area contributed by atoms with Gasteiger partial charge in [0.2, 0.25) is 0 Å². The van der Waals surface area contributed by atoms with E-state index in [9.17, 15) is 14.0 Å². The molecular weight excluding hydrogens is 239 g/mol. The van der Waals surface area contributed by atoms with Gasteiger partial charge in [-0.3, -0.25) is 9.59 Å². The minimum Gasteiger partial charge on any atom is -0.465 e. The smallest absolute Gasteiger partial charge is 0.321 e. The van der Waals surface area contributed by atoms with Crippen molar-refractivity contribution in [3.63, 3.8) is 0 Å². The molecule has 1 aliphatic heterocycles. The molecule has 1 heterocycles. The fourth-order valence-electron chi connectivity index (χ4n) is 1.90. The maximum atomic E-state index is 12.8. The van der Waals surface area contributed by atoms with Crippen LogP contribution in [0.1, 0.15) is 25.0 Å². The summed E-state index contributed by atoms with van der Waals surface area (Å²) >= 11 is 0. The summed E-state index contributed by atoms with van der Waals surface area (Å²) in [6.45, 7) is 1.90. The summed E-state index contributed by atoms with van der Waals surface area (Å²) in [5.74, 6) is -2.38. The predicted molar refractivity (Wildman–Crippen MR) is 60.0 cm³/mol. The normalized spacial score (nSPS) is 22.7. The summed E-state index contributed by atoms with van der Waals surface area (Å²) in [7, 11) is 0. The molecule has 1 aliphatic rings. The fourth-order valence-corrected chi connectivity index (χ4v) is 1.90. The van der Waals surface area contributed by atoms with Gasteiger partial charge in [0.05, 0.1) is 6.61 Å². The van der Waals surface area contributed by atoms with E-state index < -0.39 is 24.0 Å². The fraction of sp³-hybridized carbons (Fsp3) is 0.385. The summed E-state index contributed by atoms with van der Waals surface area (Å²) < 4.78 is 22.7. The van der Waals surface area contributed by atoms with Crippen LogP contribution in [0, 0.1) is 11.7 Å². The molecule has 0 spiro atoms. The predicted octanol–water partition coefficient (Wildman–Crippen LogP) is 1.99. The van der Waals surface area contributed by atoms with Crippen molar-refractivity contribution in [1.82, 2.24) is 0 Å². The standard InChI is InChI=1S/C13H13FO4/c1-2-17-12(15)10-7-11(18-13(10)16)8-3-5-9(14)6-4-8/h3-6,10-11H,2,7H2,1H3. The zero-order valence-corrected chi connectivity index (χ0v) is 9.89. The van der Waals surface area contributed by atoms with Gasteiger partial charge in [-0.25, -0.2) is 4.39 Å². The number of halogens is 1. The molecule has 18 heavy (non-hydrogen) atoms. The third-order valence-corrected chi connectivity index (χ3v) is 2.81. The average Bonchev–Trinajstić information content (AvgIpc) is 2.72. The Morgan fingerprint density at radius 3 is 2.72 bits per heavy atom. The molecule has 1 fully saturated rings. The lowest BCUT2D eigenvalue weighted by molar-refractivity contribution is -0.156. The molecule has 0 radical (unpaired) electrons. The van der Waals surface area contributed by atoms with Gasteiger partial charge < -0.3 is 9.47 Å². The second-order valence-electron chi connectivity index (χ2n) is 4.02. The topological polar surface area (TPSA) is 52.6 Å². The van der Waals surface area contributed by atoms with Crippen LogP contribution in [0.25, 0.3) is 0 Å². The van der Waals surface area contributed by atoms with E-state index >= 15 is 0 Å². The molecular formula is C13H13FO4. The summed E-state index contributed by atoms with van der Waals surface area (Å²) in [6, 6.07) is 5.67. The van der Waals surface area contributed by atoms with Crippen LogP contribution in [0.15, 0.2) is 24.3 Å².